The number of ether oxygens (including phenoxy) is 2. The molecule has 3 aromatic rings. The molecule has 0 unspecified atom stereocenters. The summed E-state index contributed by atoms with van der Waals surface area (Å²) in [6, 6.07) is 13.2. The van der Waals surface area contributed by atoms with Crippen molar-refractivity contribution < 1.29 is 22.7 Å². The first-order chi connectivity index (χ1) is 14.3. The van der Waals surface area contributed by atoms with Gasteiger partial charge < -0.3 is 14.8 Å². The number of sulfonamides is 1. The van der Waals surface area contributed by atoms with Crippen molar-refractivity contribution in [2.75, 3.05) is 30.9 Å². The summed E-state index contributed by atoms with van der Waals surface area (Å²) in [4.78, 5) is 13.3. The molecule has 0 atom stereocenters. The Morgan fingerprint density at radius 1 is 1.00 bits per heavy atom. The van der Waals surface area contributed by atoms with Gasteiger partial charge in [0.05, 0.1) is 24.8 Å². The van der Waals surface area contributed by atoms with E-state index in [0.717, 1.165) is 21.2 Å². The zero-order chi connectivity index (χ0) is 21.9. The SMILES string of the molecule is COc1ccc(NC(=O)c2sccc2N(C)S(=O)(=O)c2ccc(C)cc2)cc1OC. The van der Waals surface area contributed by atoms with Crippen molar-refractivity contribution in [3.63, 3.8) is 0 Å². The number of hydrogen-bond acceptors (Lipinski definition) is 6. The van der Waals surface area contributed by atoms with E-state index in [1.807, 2.05) is 6.92 Å². The van der Waals surface area contributed by atoms with Gasteiger partial charge in [0.1, 0.15) is 4.88 Å². The van der Waals surface area contributed by atoms with Gasteiger partial charge in [-0.3, -0.25) is 9.10 Å². The molecule has 0 spiro atoms. The molecule has 2 aromatic carbocycles. The van der Waals surface area contributed by atoms with E-state index >= 15 is 0 Å². The molecule has 9 heteroatoms. The molecule has 1 aromatic heterocycles. The molecule has 0 fully saturated rings. The molecule has 0 radical (unpaired) electrons. The Kier molecular flexibility index (Phi) is 6.33. The average Bonchev–Trinajstić information content (AvgIpc) is 3.23. The number of methoxy groups -OCH3 is 2. The van der Waals surface area contributed by atoms with Crippen LogP contribution in [0, 0.1) is 6.92 Å². The van der Waals surface area contributed by atoms with Crippen molar-refractivity contribution in [1.82, 2.24) is 0 Å². The van der Waals surface area contributed by atoms with Crippen LogP contribution in [-0.2, 0) is 10.0 Å². The quantitative estimate of drug-likeness (QED) is 0.589. The number of carbonyl (C=O) groups is 1. The van der Waals surface area contributed by atoms with Crippen molar-refractivity contribution in [2.24, 2.45) is 0 Å². The first kappa shape index (κ1) is 21.7. The van der Waals surface area contributed by atoms with Crippen molar-refractivity contribution >= 4 is 38.6 Å². The minimum Gasteiger partial charge on any atom is -0.493 e. The highest BCUT2D eigenvalue weighted by Gasteiger charge is 2.26. The fourth-order valence-electron chi connectivity index (χ4n) is 2.82. The van der Waals surface area contributed by atoms with Crippen LogP contribution < -0.4 is 19.1 Å². The van der Waals surface area contributed by atoms with Crippen molar-refractivity contribution in [3.8, 4) is 11.5 Å². The van der Waals surface area contributed by atoms with Crippen LogP contribution in [0.5, 0.6) is 11.5 Å². The number of carbonyl (C=O) groups excluding carboxylic acids is 1. The third-order valence-corrected chi connectivity index (χ3v) is 7.20. The van der Waals surface area contributed by atoms with Gasteiger partial charge in [0.25, 0.3) is 15.9 Å². The number of nitrogens with zero attached hydrogens (tertiary/aromatic N) is 1. The van der Waals surface area contributed by atoms with E-state index in [2.05, 4.69) is 5.32 Å². The number of hydrogen-bond donors (Lipinski definition) is 1. The Balaban J connectivity index is 1.87. The molecule has 158 valence electrons. The molecule has 7 nitrogen and oxygen atoms in total. The lowest BCUT2D eigenvalue weighted by atomic mass is 10.2. The standard InChI is InChI=1S/C21H22N2O5S2/c1-14-5-8-16(9-6-14)30(25,26)23(2)17-11-12-29-20(17)21(24)22-15-7-10-18(27-3)19(13-15)28-4/h5-13H,1-4H3,(H,22,24). The Morgan fingerprint density at radius 3 is 2.30 bits per heavy atom. The van der Waals surface area contributed by atoms with Gasteiger partial charge in [0.15, 0.2) is 11.5 Å². The normalized spacial score (nSPS) is 11.1. The molecule has 30 heavy (non-hydrogen) atoms. The summed E-state index contributed by atoms with van der Waals surface area (Å²) >= 11 is 1.16. The molecule has 1 amide bonds. The van der Waals surface area contributed by atoms with Gasteiger partial charge in [0.2, 0.25) is 0 Å². The smallest absolute Gasteiger partial charge is 0.267 e. The predicted molar refractivity (Wildman–Crippen MR) is 119 cm³/mol. The predicted octanol–water partition coefficient (Wildman–Crippen LogP) is 4.15. The van der Waals surface area contributed by atoms with Crippen LogP contribution in [0.25, 0.3) is 0 Å². The number of amides is 1. The third kappa shape index (κ3) is 4.27. The lowest BCUT2D eigenvalue weighted by molar-refractivity contribution is 0.103. The van der Waals surface area contributed by atoms with Crippen LogP contribution in [0.15, 0.2) is 58.8 Å². The fourth-order valence-corrected chi connectivity index (χ4v) is 4.90. The third-order valence-electron chi connectivity index (χ3n) is 4.51. The molecule has 3 rings (SSSR count). The Hall–Kier alpha value is -3.04. The van der Waals surface area contributed by atoms with E-state index in [1.165, 1.54) is 21.3 Å². The summed E-state index contributed by atoms with van der Waals surface area (Å²) in [5.74, 6) is 0.593. The first-order valence-electron chi connectivity index (χ1n) is 8.94. The zero-order valence-corrected chi connectivity index (χ0v) is 18.6. The van der Waals surface area contributed by atoms with Crippen molar-refractivity contribution in [3.05, 3.63) is 64.4 Å². The largest absolute Gasteiger partial charge is 0.493 e. The second-order valence-electron chi connectivity index (χ2n) is 6.44. The van der Waals surface area contributed by atoms with Crippen LogP contribution in [0.4, 0.5) is 11.4 Å². The minimum atomic E-state index is -3.80. The van der Waals surface area contributed by atoms with Crippen molar-refractivity contribution in [2.45, 2.75) is 11.8 Å². The molecule has 0 aliphatic rings. The molecule has 0 bridgehead atoms. The summed E-state index contributed by atoms with van der Waals surface area (Å²) < 4.78 is 37.6. The highest BCUT2D eigenvalue weighted by Crippen LogP contribution is 2.33. The highest BCUT2D eigenvalue weighted by molar-refractivity contribution is 7.92. The number of rotatable bonds is 7. The zero-order valence-electron chi connectivity index (χ0n) is 17.0. The van der Waals surface area contributed by atoms with E-state index in [9.17, 15) is 13.2 Å². The molecule has 0 aliphatic carbocycles. The summed E-state index contributed by atoms with van der Waals surface area (Å²) in [6.45, 7) is 1.88. The Bertz CT molecular complexity index is 1150. The number of benzene rings is 2. The molecule has 0 aliphatic heterocycles. The first-order valence-corrected chi connectivity index (χ1v) is 11.3. The van der Waals surface area contributed by atoms with Crippen LogP contribution >= 0.6 is 11.3 Å². The van der Waals surface area contributed by atoms with Crippen LogP contribution in [0.3, 0.4) is 0 Å². The molecule has 0 saturated heterocycles. The molecule has 1 N–H and O–H groups in total. The minimum absolute atomic E-state index is 0.160. The number of anilines is 2. The molecule has 0 saturated carbocycles. The maximum absolute atomic E-state index is 13.0. The van der Waals surface area contributed by atoms with Crippen molar-refractivity contribution in [1.29, 1.82) is 0 Å². The van der Waals surface area contributed by atoms with Gasteiger partial charge in [-0.1, -0.05) is 17.7 Å². The lowest BCUT2D eigenvalue weighted by Gasteiger charge is -2.20. The van der Waals surface area contributed by atoms with Gasteiger partial charge in [-0.15, -0.1) is 11.3 Å². The van der Waals surface area contributed by atoms with E-state index < -0.39 is 15.9 Å². The Morgan fingerprint density at radius 2 is 1.67 bits per heavy atom. The molecular weight excluding hydrogens is 424 g/mol. The topological polar surface area (TPSA) is 84.9 Å². The van der Waals surface area contributed by atoms with E-state index in [0.29, 0.717) is 22.9 Å². The monoisotopic (exact) mass is 446 g/mol. The second kappa shape index (κ2) is 8.76. The summed E-state index contributed by atoms with van der Waals surface area (Å²) in [6.07, 6.45) is 0. The maximum atomic E-state index is 13.0. The van der Waals surface area contributed by atoms with Gasteiger partial charge in [-0.2, -0.15) is 0 Å². The molecule has 1 heterocycles. The van der Waals surface area contributed by atoms with Gasteiger partial charge >= 0.3 is 0 Å². The van der Waals surface area contributed by atoms with Crippen LogP contribution in [0.1, 0.15) is 15.2 Å². The number of nitrogens with one attached hydrogen (secondary N) is 1. The van der Waals surface area contributed by atoms with Crippen LogP contribution in [-0.4, -0.2) is 35.6 Å². The maximum Gasteiger partial charge on any atom is 0.267 e. The number of aryl methyl sites for hydroxylation is 1. The van der Waals surface area contributed by atoms with Crippen LogP contribution in [0.2, 0.25) is 0 Å². The highest BCUT2D eigenvalue weighted by atomic mass is 32.2. The number of thiophene rings is 1. The second-order valence-corrected chi connectivity index (χ2v) is 9.33. The molecular formula is C21H22N2O5S2. The van der Waals surface area contributed by atoms with Gasteiger partial charge in [-0.05, 0) is 42.6 Å². The average molecular weight is 447 g/mol. The lowest BCUT2D eigenvalue weighted by Crippen LogP contribution is -2.28. The summed E-state index contributed by atoms with van der Waals surface area (Å²) in [5, 5.41) is 4.46. The van der Waals surface area contributed by atoms with Gasteiger partial charge in [0, 0.05) is 18.8 Å². The summed E-state index contributed by atoms with van der Waals surface area (Å²) in [5.41, 5.74) is 1.77. The fraction of sp³-hybridized carbons (Fsp3) is 0.190. The van der Waals surface area contributed by atoms with E-state index in [4.69, 9.17) is 9.47 Å². The van der Waals surface area contributed by atoms with Gasteiger partial charge in [-0.25, -0.2) is 8.42 Å². The van der Waals surface area contributed by atoms with E-state index in [-0.39, 0.29) is 9.77 Å². The summed E-state index contributed by atoms with van der Waals surface area (Å²) in [7, 11) is 0.663. The Labute approximate surface area is 179 Å². The van der Waals surface area contributed by atoms with E-state index in [1.54, 1.807) is 53.9 Å².